The number of ether oxygens (including phenoxy) is 1. The Hall–Kier alpha value is -1.59. The van der Waals surface area contributed by atoms with E-state index in [9.17, 15) is 4.79 Å². The first-order valence-electron chi connectivity index (χ1n) is 10.0. The van der Waals surface area contributed by atoms with Gasteiger partial charge in [-0.3, -0.25) is 4.79 Å². The topological polar surface area (TPSA) is 54.5 Å². The molecule has 1 aromatic rings. The average molecular weight is 392 g/mol. The number of halogens is 1. The first-order valence-corrected chi connectivity index (χ1v) is 10.4. The lowest BCUT2D eigenvalue weighted by molar-refractivity contribution is -0.134. The third kappa shape index (κ3) is 5.45. The number of nitrogens with zero attached hydrogens (tertiary/aromatic N) is 2. The Labute approximate surface area is 167 Å². The Bertz CT molecular complexity index is 673. The largest absolute Gasteiger partial charge is 0.485 e. The van der Waals surface area contributed by atoms with Gasteiger partial charge in [-0.05, 0) is 44.9 Å². The molecule has 0 spiro atoms. The standard InChI is InChI=1S/C21H30ClN3O2/c1-15(23-2)6-5-7-16-12-19(20(22)24-13-16)27-18-10-11-25(14-18)21(26)17-8-3-4-9-17/h5,7,12-13,15,17-18,23H,3-4,6,8-11,14H2,1-2H3/b7-5+/t15-,18+/m0/s1. The highest BCUT2D eigenvalue weighted by Gasteiger charge is 2.33. The highest BCUT2D eigenvalue weighted by Crippen LogP contribution is 2.30. The van der Waals surface area contributed by atoms with Gasteiger partial charge in [-0.15, -0.1) is 0 Å². The quantitative estimate of drug-likeness (QED) is 0.716. The first-order chi connectivity index (χ1) is 13.1. The molecule has 0 unspecified atom stereocenters. The van der Waals surface area contributed by atoms with Crippen LogP contribution in [-0.4, -0.2) is 48.1 Å². The predicted octanol–water partition coefficient (Wildman–Crippen LogP) is 3.92. The summed E-state index contributed by atoms with van der Waals surface area (Å²) in [6.07, 6.45) is 12.1. The zero-order valence-electron chi connectivity index (χ0n) is 16.3. The maximum absolute atomic E-state index is 12.6. The fourth-order valence-corrected chi connectivity index (χ4v) is 3.93. The number of hydrogen-bond acceptors (Lipinski definition) is 4. The molecule has 2 atom stereocenters. The number of aromatic nitrogens is 1. The molecule has 1 N–H and O–H groups in total. The minimum Gasteiger partial charge on any atom is -0.485 e. The second-order valence-electron chi connectivity index (χ2n) is 7.68. The van der Waals surface area contributed by atoms with E-state index in [4.69, 9.17) is 16.3 Å². The van der Waals surface area contributed by atoms with Gasteiger partial charge in [0.2, 0.25) is 5.91 Å². The van der Waals surface area contributed by atoms with Gasteiger partial charge in [-0.2, -0.15) is 0 Å². The van der Waals surface area contributed by atoms with Gasteiger partial charge < -0.3 is 15.0 Å². The van der Waals surface area contributed by atoms with E-state index in [2.05, 4.69) is 23.3 Å². The summed E-state index contributed by atoms with van der Waals surface area (Å²) >= 11 is 6.23. The zero-order valence-corrected chi connectivity index (χ0v) is 17.0. The second kappa shape index (κ2) is 9.56. The van der Waals surface area contributed by atoms with Crippen LogP contribution in [0.2, 0.25) is 5.15 Å². The van der Waals surface area contributed by atoms with Gasteiger partial charge in [0.05, 0.1) is 6.54 Å². The lowest BCUT2D eigenvalue weighted by atomic mass is 10.1. The van der Waals surface area contributed by atoms with Crippen LogP contribution < -0.4 is 10.1 Å². The van der Waals surface area contributed by atoms with Crippen LogP contribution in [0.1, 0.15) is 51.0 Å². The van der Waals surface area contributed by atoms with E-state index in [-0.39, 0.29) is 12.0 Å². The van der Waals surface area contributed by atoms with Gasteiger partial charge in [0.25, 0.3) is 0 Å². The summed E-state index contributed by atoms with van der Waals surface area (Å²) < 4.78 is 6.10. The van der Waals surface area contributed by atoms with Gasteiger partial charge in [-0.25, -0.2) is 4.98 Å². The Balaban J connectivity index is 1.57. The van der Waals surface area contributed by atoms with E-state index in [1.807, 2.05) is 24.1 Å². The van der Waals surface area contributed by atoms with Crippen LogP contribution in [0.25, 0.3) is 6.08 Å². The molecule has 2 fully saturated rings. The smallest absolute Gasteiger partial charge is 0.225 e. The summed E-state index contributed by atoms with van der Waals surface area (Å²) in [6.45, 7) is 3.55. The van der Waals surface area contributed by atoms with Gasteiger partial charge in [0.15, 0.2) is 10.9 Å². The van der Waals surface area contributed by atoms with Crippen LogP contribution in [0.4, 0.5) is 0 Å². The maximum atomic E-state index is 12.6. The number of hydrogen-bond donors (Lipinski definition) is 1. The summed E-state index contributed by atoms with van der Waals surface area (Å²) in [7, 11) is 1.96. The molecule has 1 amide bonds. The number of nitrogens with one attached hydrogen (secondary N) is 1. The molecular weight excluding hydrogens is 362 g/mol. The van der Waals surface area contributed by atoms with Crippen molar-refractivity contribution in [2.24, 2.45) is 5.92 Å². The SMILES string of the molecule is CN[C@@H](C)C/C=C/c1cnc(Cl)c(O[C@@H]2CCN(C(=O)C3CCCC3)C2)c1. The summed E-state index contributed by atoms with van der Waals surface area (Å²) in [6, 6.07) is 2.36. The molecule has 1 saturated carbocycles. The molecule has 27 heavy (non-hydrogen) atoms. The van der Waals surface area contributed by atoms with Crippen LogP contribution in [0.3, 0.4) is 0 Å². The molecule has 5 nitrogen and oxygen atoms in total. The van der Waals surface area contributed by atoms with Crippen molar-refractivity contribution in [3.05, 3.63) is 29.1 Å². The molecule has 148 valence electrons. The van der Waals surface area contributed by atoms with Crippen LogP contribution in [0.5, 0.6) is 5.75 Å². The van der Waals surface area contributed by atoms with Crippen molar-refractivity contribution >= 4 is 23.6 Å². The van der Waals surface area contributed by atoms with Gasteiger partial charge in [-0.1, -0.05) is 36.6 Å². The lowest BCUT2D eigenvalue weighted by Crippen LogP contribution is -2.34. The normalized spacial score (nSPS) is 21.9. The summed E-state index contributed by atoms with van der Waals surface area (Å²) in [5, 5.41) is 3.58. The summed E-state index contributed by atoms with van der Waals surface area (Å²) in [4.78, 5) is 18.8. The van der Waals surface area contributed by atoms with Crippen molar-refractivity contribution in [2.45, 2.75) is 57.6 Å². The molecule has 6 heteroatoms. The van der Waals surface area contributed by atoms with E-state index >= 15 is 0 Å². The Kier molecular flexibility index (Phi) is 7.13. The highest BCUT2D eigenvalue weighted by atomic mass is 35.5. The fraction of sp³-hybridized carbons (Fsp3) is 0.619. The van der Waals surface area contributed by atoms with Gasteiger partial charge in [0, 0.05) is 31.1 Å². The van der Waals surface area contributed by atoms with Crippen LogP contribution in [0.15, 0.2) is 18.3 Å². The molecule has 2 aliphatic rings. The fourth-order valence-electron chi connectivity index (χ4n) is 3.78. The first kappa shape index (κ1) is 20.2. The van der Waals surface area contributed by atoms with Gasteiger partial charge in [0.1, 0.15) is 6.10 Å². The molecule has 2 heterocycles. The molecule has 1 saturated heterocycles. The van der Waals surface area contributed by atoms with Crippen molar-refractivity contribution in [2.75, 3.05) is 20.1 Å². The van der Waals surface area contributed by atoms with E-state index in [0.29, 0.717) is 29.4 Å². The number of rotatable bonds is 7. The Morgan fingerprint density at radius 2 is 2.22 bits per heavy atom. The van der Waals surface area contributed by atoms with E-state index in [1.165, 1.54) is 12.8 Å². The number of amides is 1. The Morgan fingerprint density at radius 1 is 1.44 bits per heavy atom. The van der Waals surface area contributed by atoms with Crippen LogP contribution in [0, 0.1) is 5.92 Å². The number of carbonyl (C=O) groups excluding carboxylic acids is 1. The second-order valence-corrected chi connectivity index (χ2v) is 8.04. The average Bonchev–Trinajstić information content (AvgIpc) is 3.35. The predicted molar refractivity (Wildman–Crippen MR) is 109 cm³/mol. The summed E-state index contributed by atoms with van der Waals surface area (Å²) in [5.41, 5.74) is 0.967. The monoisotopic (exact) mass is 391 g/mol. The molecule has 1 aliphatic carbocycles. The third-order valence-corrected chi connectivity index (χ3v) is 5.86. The molecule has 1 aliphatic heterocycles. The van der Waals surface area contributed by atoms with E-state index in [1.54, 1.807) is 6.20 Å². The lowest BCUT2D eigenvalue weighted by Gasteiger charge is -2.20. The maximum Gasteiger partial charge on any atom is 0.225 e. The summed E-state index contributed by atoms with van der Waals surface area (Å²) in [5.74, 6) is 1.13. The molecule has 3 rings (SSSR count). The Morgan fingerprint density at radius 3 is 2.96 bits per heavy atom. The van der Waals surface area contributed by atoms with E-state index in [0.717, 1.165) is 37.8 Å². The van der Waals surface area contributed by atoms with Gasteiger partial charge >= 0.3 is 0 Å². The molecule has 0 aromatic carbocycles. The number of likely N-dealkylation sites (tertiary alicyclic amines) is 1. The molecule has 0 bridgehead atoms. The van der Waals surface area contributed by atoms with Crippen molar-refractivity contribution in [1.29, 1.82) is 0 Å². The number of pyridine rings is 1. The van der Waals surface area contributed by atoms with Crippen molar-refractivity contribution in [3.8, 4) is 5.75 Å². The van der Waals surface area contributed by atoms with Crippen molar-refractivity contribution in [3.63, 3.8) is 0 Å². The van der Waals surface area contributed by atoms with Crippen LogP contribution in [-0.2, 0) is 4.79 Å². The van der Waals surface area contributed by atoms with Crippen LogP contribution >= 0.6 is 11.6 Å². The molecule has 1 aromatic heterocycles. The zero-order chi connectivity index (χ0) is 19.2. The third-order valence-electron chi connectivity index (χ3n) is 5.58. The minimum absolute atomic E-state index is 0.0156. The number of carbonyl (C=O) groups is 1. The van der Waals surface area contributed by atoms with Crippen molar-refractivity contribution < 1.29 is 9.53 Å². The molecular formula is C21H30ClN3O2. The van der Waals surface area contributed by atoms with Crippen molar-refractivity contribution in [1.82, 2.24) is 15.2 Å². The minimum atomic E-state index is -0.0156. The molecule has 0 radical (unpaired) electrons. The highest BCUT2D eigenvalue weighted by molar-refractivity contribution is 6.30. The van der Waals surface area contributed by atoms with E-state index < -0.39 is 0 Å².